The number of ether oxygens (including phenoxy) is 2. The molecule has 2 aromatic rings. The summed E-state index contributed by atoms with van der Waals surface area (Å²) in [7, 11) is 0. The molecule has 0 spiro atoms. The lowest BCUT2D eigenvalue weighted by Gasteiger charge is -2.43. The number of imide groups is 2. The minimum atomic E-state index is -0.645. The monoisotopic (exact) mass is 550 g/mol. The number of hydrogen-bond acceptors (Lipinski definition) is 10. The van der Waals surface area contributed by atoms with Crippen LogP contribution in [0.5, 0.6) is 0 Å². The second kappa shape index (κ2) is 12.6. The number of esters is 2. The Morgan fingerprint density at radius 2 is 0.900 bits per heavy atom. The molecule has 4 amide bonds. The first-order chi connectivity index (χ1) is 19.2. The molecule has 40 heavy (non-hydrogen) atoms. The van der Waals surface area contributed by atoms with E-state index in [1.165, 1.54) is 0 Å². The van der Waals surface area contributed by atoms with Crippen molar-refractivity contribution in [1.82, 2.24) is 19.6 Å². The van der Waals surface area contributed by atoms with E-state index in [4.69, 9.17) is 9.47 Å². The van der Waals surface area contributed by atoms with E-state index in [0.717, 1.165) is 9.80 Å². The average Bonchev–Trinajstić information content (AvgIpc) is 2.96. The summed E-state index contributed by atoms with van der Waals surface area (Å²) in [5.74, 6) is -3.37. The van der Waals surface area contributed by atoms with Crippen LogP contribution in [0.15, 0.2) is 60.7 Å². The molecular weight excluding hydrogens is 520 g/mol. The summed E-state index contributed by atoms with van der Waals surface area (Å²) in [5, 5.41) is 0. The molecule has 0 bridgehead atoms. The number of amides is 4. The fourth-order valence-electron chi connectivity index (χ4n) is 4.46. The van der Waals surface area contributed by atoms with E-state index in [2.05, 4.69) is 0 Å². The fourth-order valence-corrected chi connectivity index (χ4v) is 4.46. The molecule has 4 rings (SSSR count). The van der Waals surface area contributed by atoms with Gasteiger partial charge in [-0.2, -0.15) is 0 Å². The summed E-state index contributed by atoms with van der Waals surface area (Å²) in [6.45, 7) is 2.24. The van der Waals surface area contributed by atoms with Gasteiger partial charge in [0.05, 0.1) is 37.3 Å². The quantitative estimate of drug-likeness (QED) is 0.325. The van der Waals surface area contributed by atoms with Gasteiger partial charge in [-0.25, -0.2) is 19.4 Å². The Labute approximate surface area is 231 Å². The first-order valence-corrected chi connectivity index (χ1v) is 12.7. The summed E-state index contributed by atoms with van der Waals surface area (Å²) in [4.78, 5) is 80.5. The molecule has 2 fully saturated rings. The van der Waals surface area contributed by atoms with Gasteiger partial charge in [-0.15, -0.1) is 0 Å². The number of hydrogen-bond donors (Lipinski definition) is 0. The molecular formula is C28H30N4O8. The van der Waals surface area contributed by atoms with E-state index in [0.29, 0.717) is 11.1 Å². The highest BCUT2D eigenvalue weighted by Gasteiger charge is 2.40. The standard InChI is InChI=1S/C28H30N4O8/c1-19(29-13-23(33)31(24(34)14-29)17-39-27(37)21-9-5-3-6-10-21)20(2)30-15-25(35)32(26(36)16-30)18-40-28(38)22-11-7-4-8-12-22/h3-12,19-20H,13-18H2,1-2H3/t19-,20+. The zero-order valence-corrected chi connectivity index (χ0v) is 22.2. The predicted octanol–water partition coefficient (Wildman–Crippen LogP) is 0.734. The van der Waals surface area contributed by atoms with Crippen LogP contribution in [-0.2, 0) is 28.7 Å². The van der Waals surface area contributed by atoms with E-state index in [1.807, 2.05) is 0 Å². The highest BCUT2D eigenvalue weighted by molar-refractivity contribution is 6.00. The van der Waals surface area contributed by atoms with Crippen molar-refractivity contribution in [2.45, 2.75) is 25.9 Å². The minimum Gasteiger partial charge on any atom is -0.440 e. The number of rotatable bonds is 9. The van der Waals surface area contributed by atoms with Crippen LogP contribution >= 0.6 is 0 Å². The Bertz CT molecular complexity index is 1150. The molecule has 2 aliphatic heterocycles. The number of benzene rings is 2. The number of nitrogens with zero attached hydrogens (tertiary/aromatic N) is 4. The van der Waals surface area contributed by atoms with Crippen molar-refractivity contribution in [2.24, 2.45) is 0 Å². The molecule has 2 aromatic carbocycles. The Kier molecular flexibility index (Phi) is 9.02. The average molecular weight is 551 g/mol. The first kappa shape index (κ1) is 28.6. The van der Waals surface area contributed by atoms with Crippen LogP contribution in [0.1, 0.15) is 34.6 Å². The largest absolute Gasteiger partial charge is 0.440 e. The number of piperazine rings is 2. The molecule has 0 N–H and O–H groups in total. The van der Waals surface area contributed by atoms with Crippen LogP contribution in [-0.4, -0.2) is 107 Å². The maximum Gasteiger partial charge on any atom is 0.339 e. The second-order valence-electron chi connectivity index (χ2n) is 9.58. The van der Waals surface area contributed by atoms with E-state index < -0.39 is 49.0 Å². The molecule has 0 aromatic heterocycles. The van der Waals surface area contributed by atoms with Crippen LogP contribution in [0.3, 0.4) is 0 Å². The third kappa shape index (κ3) is 6.58. The molecule has 12 nitrogen and oxygen atoms in total. The summed E-state index contributed by atoms with van der Waals surface area (Å²) < 4.78 is 10.3. The van der Waals surface area contributed by atoms with Crippen molar-refractivity contribution in [3.63, 3.8) is 0 Å². The lowest BCUT2D eigenvalue weighted by Crippen LogP contribution is -2.63. The molecule has 2 atom stereocenters. The third-order valence-electron chi connectivity index (χ3n) is 7.08. The molecule has 0 saturated carbocycles. The van der Waals surface area contributed by atoms with Gasteiger partial charge in [-0.3, -0.25) is 29.0 Å². The molecule has 0 radical (unpaired) electrons. The van der Waals surface area contributed by atoms with Crippen molar-refractivity contribution >= 4 is 35.6 Å². The highest BCUT2D eigenvalue weighted by atomic mass is 16.6. The van der Waals surface area contributed by atoms with Gasteiger partial charge in [0.15, 0.2) is 13.5 Å². The molecule has 2 heterocycles. The maximum absolute atomic E-state index is 12.7. The van der Waals surface area contributed by atoms with Gasteiger partial charge in [-0.1, -0.05) is 36.4 Å². The normalized spacial score (nSPS) is 18.4. The van der Waals surface area contributed by atoms with Gasteiger partial charge in [0.25, 0.3) is 0 Å². The van der Waals surface area contributed by atoms with Crippen molar-refractivity contribution in [3.8, 4) is 0 Å². The van der Waals surface area contributed by atoms with E-state index in [1.54, 1.807) is 84.3 Å². The Morgan fingerprint density at radius 1 is 0.600 bits per heavy atom. The van der Waals surface area contributed by atoms with Gasteiger partial charge >= 0.3 is 11.9 Å². The van der Waals surface area contributed by atoms with Crippen LogP contribution < -0.4 is 0 Å². The Morgan fingerprint density at radius 3 is 1.20 bits per heavy atom. The Balaban J connectivity index is 1.28. The molecule has 210 valence electrons. The van der Waals surface area contributed by atoms with Gasteiger partial charge in [0.1, 0.15) is 0 Å². The van der Waals surface area contributed by atoms with Crippen molar-refractivity contribution in [2.75, 3.05) is 39.6 Å². The van der Waals surface area contributed by atoms with Crippen molar-refractivity contribution in [3.05, 3.63) is 71.8 Å². The van der Waals surface area contributed by atoms with Crippen LogP contribution in [0.4, 0.5) is 0 Å². The third-order valence-corrected chi connectivity index (χ3v) is 7.08. The molecule has 2 saturated heterocycles. The van der Waals surface area contributed by atoms with Gasteiger partial charge in [0, 0.05) is 12.1 Å². The van der Waals surface area contributed by atoms with Gasteiger partial charge in [0.2, 0.25) is 23.6 Å². The molecule has 0 aliphatic carbocycles. The van der Waals surface area contributed by atoms with Crippen molar-refractivity contribution in [1.29, 1.82) is 0 Å². The van der Waals surface area contributed by atoms with Gasteiger partial charge < -0.3 is 9.47 Å². The van der Waals surface area contributed by atoms with Crippen LogP contribution in [0, 0.1) is 0 Å². The molecule has 0 unspecified atom stereocenters. The molecule has 2 aliphatic rings. The zero-order chi connectivity index (χ0) is 28.8. The van der Waals surface area contributed by atoms with Crippen molar-refractivity contribution < 1.29 is 38.2 Å². The summed E-state index contributed by atoms with van der Waals surface area (Å²) in [6, 6.07) is 15.7. The predicted molar refractivity (Wildman–Crippen MR) is 139 cm³/mol. The van der Waals surface area contributed by atoms with E-state index >= 15 is 0 Å². The highest BCUT2D eigenvalue weighted by Crippen LogP contribution is 2.18. The van der Waals surface area contributed by atoms with E-state index in [9.17, 15) is 28.8 Å². The van der Waals surface area contributed by atoms with E-state index in [-0.39, 0.29) is 38.3 Å². The molecule has 12 heteroatoms. The minimum absolute atomic E-state index is 0.0998. The fraction of sp³-hybridized carbons (Fsp3) is 0.357. The summed E-state index contributed by atoms with van der Waals surface area (Å²) >= 11 is 0. The first-order valence-electron chi connectivity index (χ1n) is 12.7. The lowest BCUT2D eigenvalue weighted by molar-refractivity contribution is -0.161. The summed E-state index contributed by atoms with van der Waals surface area (Å²) in [6.07, 6.45) is 0. The maximum atomic E-state index is 12.7. The number of carbonyl (C=O) groups excluding carboxylic acids is 6. The van der Waals surface area contributed by atoms with Crippen LogP contribution in [0.2, 0.25) is 0 Å². The Hall–Kier alpha value is -4.42. The lowest BCUT2D eigenvalue weighted by atomic mass is 10.1. The number of carbonyl (C=O) groups is 6. The smallest absolute Gasteiger partial charge is 0.339 e. The topological polar surface area (TPSA) is 134 Å². The SMILES string of the molecule is C[C@H]([C@H](C)N1CC(=O)N(COC(=O)c2ccccc2)C(=O)C1)N1CC(=O)N(COC(=O)c2ccccc2)C(=O)C1. The second-order valence-corrected chi connectivity index (χ2v) is 9.58. The van der Waals surface area contributed by atoms with Gasteiger partial charge in [-0.05, 0) is 38.1 Å². The summed E-state index contributed by atoms with van der Waals surface area (Å²) in [5.41, 5.74) is 0.615. The van der Waals surface area contributed by atoms with Crippen LogP contribution in [0.25, 0.3) is 0 Å². The zero-order valence-electron chi connectivity index (χ0n) is 22.2.